The number of halogens is 6. The van der Waals surface area contributed by atoms with Crippen molar-refractivity contribution < 1.29 is 54.9 Å². The van der Waals surface area contributed by atoms with Crippen molar-refractivity contribution in [2.24, 2.45) is 0 Å². The molecule has 1 atom stereocenters. The summed E-state index contributed by atoms with van der Waals surface area (Å²) in [4.78, 5) is 35.3. The van der Waals surface area contributed by atoms with Crippen molar-refractivity contribution in [3.8, 4) is 17.2 Å². The lowest BCUT2D eigenvalue weighted by Gasteiger charge is -2.36. The Hall–Kier alpha value is -4.44. The molecule has 1 aliphatic heterocycles. The standard InChI is InChI=1S/C32H34F6N4O6/c1-6-7-24-25(12-13-26(40-24)30(31(33,34)35,32(36,37)38)46-18-45-5)48-23-14-15-39-21(16-23)17-42-27(43)29(4,41-28(42)44)20-8-10-22(11-9-20)47-19(2)3/h8-16,19H,6-7,17-18H2,1-5H3,(H,41,44). The lowest BCUT2D eigenvalue weighted by molar-refractivity contribution is -0.401. The number of ether oxygens (including phenoxy) is 4. The maximum atomic E-state index is 14.1. The molecule has 1 N–H and O–H groups in total. The second-order valence-corrected chi connectivity index (χ2v) is 11.3. The Balaban J connectivity index is 1.59. The zero-order chi connectivity index (χ0) is 35.5. The van der Waals surface area contributed by atoms with E-state index in [0.29, 0.717) is 23.8 Å². The minimum atomic E-state index is -5.94. The van der Waals surface area contributed by atoms with Gasteiger partial charge in [0, 0.05) is 19.4 Å². The van der Waals surface area contributed by atoms with Crippen molar-refractivity contribution in [3.63, 3.8) is 0 Å². The molecule has 10 nitrogen and oxygen atoms in total. The average molecular weight is 685 g/mol. The Kier molecular flexibility index (Phi) is 10.6. The molecule has 1 unspecified atom stereocenters. The third kappa shape index (κ3) is 7.18. The molecule has 3 aromatic rings. The number of carbonyl (C=O) groups excluding carboxylic acids is 2. The van der Waals surface area contributed by atoms with E-state index in [2.05, 4.69) is 24.8 Å². The number of methoxy groups -OCH3 is 1. The number of carbonyl (C=O) groups is 2. The molecule has 48 heavy (non-hydrogen) atoms. The van der Waals surface area contributed by atoms with E-state index < -0.39 is 47.9 Å². The van der Waals surface area contributed by atoms with Crippen LogP contribution in [0.4, 0.5) is 31.1 Å². The minimum Gasteiger partial charge on any atom is -0.491 e. The van der Waals surface area contributed by atoms with Gasteiger partial charge in [0.05, 0.1) is 29.7 Å². The van der Waals surface area contributed by atoms with E-state index >= 15 is 0 Å². The number of alkyl halides is 6. The van der Waals surface area contributed by atoms with Crippen LogP contribution in [0, 0.1) is 0 Å². The SMILES string of the molecule is CCCc1nc(C(OCOC)(C(F)(F)F)C(F)(F)F)ccc1Oc1ccnc(CN2C(=O)NC(C)(c3ccc(OC(C)C)cc3)C2=O)c1. The van der Waals surface area contributed by atoms with Crippen molar-refractivity contribution in [3.05, 3.63) is 77.4 Å². The predicted octanol–water partition coefficient (Wildman–Crippen LogP) is 6.92. The summed E-state index contributed by atoms with van der Waals surface area (Å²) in [6.45, 7) is 5.40. The number of hydrogen-bond donors (Lipinski definition) is 1. The van der Waals surface area contributed by atoms with Gasteiger partial charge in [-0.3, -0.25) is 19.7 Å². The van der Waals surface area contributed by atoms with Crippen LogP contribution in [-0.4, -0.2) is 59.2 Å². The van der Waals surface area contributed by atoms with Gasteiger partial charge in [0.15, 0.2) is 0 Å². The molecule has 0 radical (unpaired) electrons. The van der Waals surface area contributed by atoms with Crippen LogP contribution >= 0.6 is 0 Å². The van der Waals surface area contributed by atoms with Gasteiger partial charge in [-0.15, -0.1) is 0 Å². The summed E-state index contributed by atoms with van der Waals surface area (Å²) in [6, 6.07) is 10.3. The highest BCUT2D eigenvalue weighted by molar-refractivity contribution is 6.07. The molecule has 4 rings (SSSR count). The van der Waals surface area contributed by atoms with Gasteiger partial charge in [-0.2, -0.15) is 26.3 Å². The van der Waals surface area contributed by atoms with Crippen molar-refractivity contribution in [2.45, 2.75) is 76.7 Å². The normalized spacial score (nSPS) is 17.2. The van der Waals surface area contributed by atoms with Crippen LogP contribution < -0.4 is 14.8 Å². The maximum absolute atomic E-state index is 14.1. The number of aryl methyl sites for hydroxylation is 1. The number of benzene rings is 1. The zero-order valence-corrected chi connectivity index (χ0v) is 26.7. The van der Waals surface area contributed by atoms with Crippen LogP contribution in [0.3, 0.4) is 0 Å². The van der Waals surface area contributed by atoms with Crippen LogP contribution in [0.1, 0.15) is 56.8 Å². The Morgan fingerprint density at radius 2 is 1.62 bits per heavy atom. The maximum Gasteiger partial charge on any atom is 0.432 e. The van der Waals surface area contributed by atoms with Gasteiger partial charge < -0.3 is 24.3 Å². The Labute approximate surface area is 272 Å². The fraction of sp³-hybridized carbons (Fsp3) is 0.438. The van der Waals surface area contributed by atoms with E-state index in [1.165, 1.54) is 18.3 Å². The van der Waals surface area contributed by atoms with E-state index in [4.69, 9.17) is 9.47 Å². The summed E-state index contributed by atoms with van der Waals surface area (Å²) >= 11 is 0. The van der Waals surface area contributed by atoms with Crippen LogP contribution in [-0.2, 0) is 38.4 Å². The van der Waals surface area contributed by atoms with Gasteiger partial charge in [-0.25, -0.2) is 4.79 Å². The quantitative estimate of drug-likeness (QED) is 0.117. The largest absolute Gasteiger partial charge is 0.491 e. The number of pyridine rings is 2. The first kappa shape index (κ1) is 36.4. The number of nitrogens with one attached hydrogen (secondary N) is 1. The van der Waals surface area contributed by atoms with Gasteiger partial charge in [0.25, 0.3) is 5.91 Å². The van der Waals surface area contributed by atoms with Gasteiger partial charge in [0.2, 0.25) is 0 Å². The smallest absolute Gasteiger partial charge is 0.432 e. The van der Waals surface area contributed by atoms with E-state index in [-0.39, 0.29) is 42.0 Å². The molecule has 0 spiro atoms. The van der Waals surface area contributed by atoms with E-state index in [9.17, 15) is 35.9 Å². The first-order chi connectivity index (χ1) is 22.5. The van der Waals surface area contributed by atoms with Crippen LogP contribution in [0.2, 0.25) is 0 Å². The van der Waals surface area contributed by atoms with Gasteiger partial charge in [0.1, 0.15) is 29.6 Å². The lowest BCUT2D eigenvalue weighted by Crippen LogP contribution is -2.56. The molecule has 16 heteroatoms. The van der Waals surface area contributed by atoms with Crippen molar-refractivity contribution >= 4 is 11.9 Å². The molecule has 1 aliphatic rings. The Morgan fingerprint density at radius 1 is 0.958 bits per heavy atom. The molecule has 0 saturated carbocycles. The number of aromatic nitrogens is 2. The summed E-state index contributed by atoms with van der Waals surface area (Å²) in [5.74, 6) is 0.0151. The Morgan fingerprint density at radius 3 is 2.21 bits per heavy atom. The highest BCUT2D eigenvalue weighted by Crippen LogP contribution is 2.52. The topological polar surface area (TPSA) is 112 Å². The number of rotatable bonds is 13. The number of amides is 3. The summed E-state index contributed by atoms with van der Waals surface area (Å²) in [6.07, 6.45) is -10.4. The van der Waals surface area contributed by atoms with Crippen molar-refractivity contribution in [1.29, 1.82) is 0 Å². The highest BCUT2D eigenvalue weighted by atomic mass is 19.4. The monoisotopic (exact) mass is 684 g/mol. The number of imide groups is 1. The summed E-state index contributed by atoms with van der Waals surface area (Å²) in [7, 11) is 0.889. The van der Waals surface area contributed by atoms with Crippen molar-refractivity contribution in [1.82, 2.24) is 20.2 Å². The molecule has 0 aliphatic carbocycles. The van der Waals surface area contributed by atoms with Gasteiger partial charge >= 0.3 is 24.0 Å². The molecule has 3 heterocycles. The highest BCUT2D eigenvalue weighted by Gasteiger charge is 2.74. The molecule has 2 aromatic heterocycles. The zero-order valence-electron chi connectivity index (χ0n) is 26.7. The molecular weight excluding hydrogens is 650 g/mol. The molecular formula is C32H34F6N4O6. The molecule has 3 amide bonds. The molecule has 1 fully saturated rings. The third-order valence-corrected chi connectivity index (χ3v) is 7.39. The number of nitrogens with zero attached hydrogens (tertiary/aromatic N) is 3. The first-order valence-corrected chi connectivity index (χ1v) is 14.8. The van der Waals surface area contributed by atoms with Gasteiger partial charge in [-0.1, -0.05) is 25.5 Å². The number of hydrogen-bond acceptors (Lipinski definition) is 8. The fourth-order valence-corrected chi connectivity index (χ4v) is 5.10. The molecule has 1 saturated heterocycles. The van der Waals surface area contributed by atoms with E-state index in [1.54, 1.807) is 38.1 Å². The van der Waals surface area contributed by atoms with Crippen molar-refractivity contribution in [2.75, 3.05) is 13.9 Å². The second kappa shape index (κ2) is 14.0. The first-order valence-electron chi connectivity index (χ1n) is 14.8. The third-order valence-electron chi connectivity index (χ3n) is 7.39. The van der Waals surface area contributed by atoms with Crippen LogP contribution in [0.5, 0.6) is 17.2 Å². The van der Waals surface area contributed by atoms with Crippen LogP contribution in [0.15, 0.2) is 54.7 Å². The fourth-order valence-electron chi connectivity index (χ4n) is 5.10. The van der Waals surface area contributed by atoms with Crippen LogP contribution in [0.25, 0.3) is 0 Å². The van der Waals surface area contributed by atoms with E-state index in [1.807, 2.05) is 13.8 Å². The summed E-state index contributed by atoms with van der Waals surface area (Å²) in [5, 5.41) is 2.71. The number of urea groups is 1. The van der Waals surface area contributed by atoms with Gasteiger partial charge in [-0.05, 0) is 63.1 Å². The molecule has 260 valence electrons. The molecule has 1 aromatic carbocycles. The second-order valence-electron chi connectivity index (χ2n) is 11.3. The Bertz CT molecular complexity index is 1600. The summed E-state index contributed by atoms with van der Waals surface area (Å²) in [5.41, 5.74) is -7.03. The lowest BCUT2D eigenvalue weighted by atomic mass is 9.92. The minimum absolute atomic E-state index is 0.0389. The summed E-state index contributed by atoms with van der Waals surface area (Å²) < 4.78 is 105. The predicted molar refractivity (Wildman–Crippen MR) is 158 cm³/mol. The average Bonchev–Trinajstić information content (AvgIpc) is 3.21. The molecule has 0 bridgehead atoms. The van der Waals surface area contributed by atoms with E-state index in [0.717, 1.165) is 18.1 Å².